The minimum Gasteiger partial charge on any atom is -0.309 e. The number of rotatable bonds is 3. The van der Waals surface area contributed by atoms with E-state index in [0.29, 0.717) is 0 Å². The SMILES string of the molecule is Cc1c(C)c(C)c(-n2ccnc2-c2ccc(-n3c4ccccc4c4ccccc43)cc2)c(C)c1C. The van der Waals surface area contributed by atoms with Gasteiger partial charge < -0.3 is 4.57 Å². The standard InChI is InChI=1S/C32H29N3/c1-20-21(2)23(4)31(24(5)22(20)3)34-19-18-33-32(34)25-14-16-26(17-15-25)35-29-12-8-6-10-27(29)28-11-7-9-13-30(28)35/h6-19H,1-5H3. The maximum atomic E-state index is 4.78. The van der Waals surface area contributed by atoms with Gasteiger partial charge in [0.05, 0.1) is 16.7 Å². The average Bonchev–Trinajstić information content (AvgIpc) is 3.50. The highest BCUT2D eigenvalue weighted by atomic mass is 15.1. The fraction of sp³-hybridized carbons (Fsp3) is 0.156. The van der Waals surface area contributed by atoms with Crippen LogP contribution in [0.15, 0.2) is 85.2 Å². The lowest BCUT2D eigenvalue weighted by Gasteiger charge is -2.20. The van der Waals surface area contributed by atoms with Crippen molar-refractivity contribution >= 4 is 21.8 Å². The zero-order valence-electron chi connectivity index (χ0n) is 20.9. The first kappa shape index (κ1) is 21.4. The number of hydrogen-bond acceptors (Lipinski definition) is 1. The highest BCUT2D eigenvalue weighted by molar-refractivity contribution is 6.09. The number of fused-ring (bicyclic) bond motifs is 3. The quantitative estimate of drug-likeness (QED) is 0.264. The van der Waals surface area contributed by atoms with Gasteiger partial charge in [-0.05, 0) is 98.8 Å². The molecule has 2 heterocycles. The molecular weight excluding hydrogens is 426 g/mol. The second-order valence-electron chi connectivity index (χ2n) is 9.51. The molecule has 0 saturated carbocycles. The van der Waals surface area contributed by atoms with Crippen LogP contribution in [-0.2, 0) is 0 Å². The molecule has 0 atom stereocenters. The molecule has 3 nitrogen and oxygen atoms in total. The molecule has 0 unspecified atom stereocenters. The lowest BCUT2D eigenvalue weighted by molar-refractivity contribution is 1.01. The summed E-state index contributed by atoms with van der Waals surface area (Å²) in [5.41, 5.74) is 12.6. The van der Waals surface area contributed by atoms with Crippen LogP contribution in [0.3, 0.4) is 0 Å². The Morgan fingerprint density at radius 2 is 1.09 bits per heavy atom. The molecule has 2 aromatic heterocycles. The maximum Gasteiger partial charge on any atom is 0.144 e. The third-order valence-electron chi connectivity index (χ3n) is 7.81. The third kappa shape index (κ3) is 3.15. The number of aromatic nitrogens is 3. The van der Waals surface area contributed by atoms with E-state index in [9.17, 15) is 0 Å². The molecule has 172 valence electrons. The Morgan fingerprint density at radius 1 is 0.571 bits per heavy atom. The van der Waals surface area contributed by atoms with Crippen LogP contribution in [0.5, 0.6) is 0 Å². The van der Waals surface area contributed by atoms with Crippen molar-refractivity contribution in [1.82, 2.24) is 14.1 Å². The van der Waals surface area contributed by atoms with Crippen molar-refractivity contribution in [2.75, 3.05) is 0 Å². The molecule has 3 heteroatoms. The van der Waals surface area contributed by atoms with Crippen molar-refractivity contribution in [3.8, 4) is 22.8 Å². The topological polar surface area (TPSA) is 22.8 Å². The van der Waals surface area contributed by atoms with Gasteiger partial charge in [0.2, 0.25) is 0 Å². The first-order valence-electron chi connectivity index (χ1n) is 12.2. The number of nitrogens with zero attached hydrogens (tertiary/aromatic N) is 3. The van der Waals surface area contributed by atoms with Gasteiger partial charge in [0.25, 0.3) is 0 Å². The summed E-state index contributed by atoms with van der Waals surface area (Å²) in [5, 5.41) is 2.55. The molecule has 0 spiro atoms. The van der Waals surface area contributed by atoms with E-state index in [1.165, 1.54) is 55.3 Å². The molecule has 6 aromatic rings. The van der Waals surface area contributed by atoms with Crippen molar-refractivity contribution in [2.45, 2.75) is 34.6 Å². The van der Waals surface area contributed by atoms with E-state index in [1.54, 1.807) is 0 Å². The van der Waals surface area contributed by atoms with Crippen LogP contribution in [-0.4, -0.2) is 14.1 Å². The number of benzene rings is 4. The summed E-state index contributed by atoms with van der Waals surface area (Å²) >= 11 is 0. The van der Waals surface area contributed by atoms with E-state index < -0.39 is 0 Å². The zero-order valence-corrected chi connectivity index (χ0v) is 20.9. The number of para-hydroxylation sites is 2. The van der Waals surface area contributed by atoms with Crippen LogP contribution >= 0.6 is 0 Å². The Hall–Kier alpha value is -4.11. The van der Waals surface area contributed by atoms with Gasteiger partial charge in [-0.15, -0.1) is 0 Å². The van der Waals surface area contributed by atoms with Gasteiger partial charge >= 0.3 is 0 Å². The highest BCUT2D eigenvalue weighted by Gasteiger charge is 2.17. The van der Waals surface area contributed by atoms with Gasteiger partial charge in [0.15, 0.2) is 0 Å². The fourth-order valence-corrected chi connectivity index (χ4v) is 5.50. The van der Waals surface area contributed by atoms with E-state index in [-0.39, 0.29) is 0 Å². The zero-order chi connectivity index (χ0) is 24.3. The van der Waals surface area contributed by atoms with Crippen LogP contribution in [0.1, 0.15) is 27.8 Å². The van der Waals surface area contributed by atoms with E-state index in [4.69, 9.17) is 4.98 Å². The molecule has 6 rings (SSSR count). The van der Waals surface area contributed by atoms with Crippen molar-refractivity contribution in [1.29, 1.82) is 0 Å². The summed E-state index contributed by atoms with van der Waals surface area (Å²) in [6.45, 7) is 11.1. The van der Waals surface area contributed by atoms with Gasteiger partial charge in [-0.2, -0.15) is 0 Å². The molecule has 0 N–H and O–H groups in total. The second kappa shape index (κ2) is 7.99. The Balaban J connectivity index is 1.49. The minimum atomic E-state index is 0.965. The fourth-order valence-electron chi connectivity index (χ4n) is 5.50. The third-order valence-corrected chi connectivity index (χ3v) is 7.81. The molecule has 0 aliphatic heterocycles. The molecule has 0 aliphatic rings. The maximum absolute atomic E-state index is 4.78. The summed E-state index contributed by atoms with van der Waals surface area (Å²) in [4.78, 5) is 4.78. The summed E-state index contributed by atoms with van der Waals surface area (Å²) < 4.78 is 4.60. The van der Waals surface area contributed by atoms with E-state index in [2.05, 4.69) is 123 Å². The largest absolute Gasteiger partial charge is 0.309 e. The molecule has 35 heavy (non-hydrogen) atoms. The average molecular weight is 456 g/mol. The van der Waals surface area contributed by atoms with Gasteiger partial charge in [0.1, 0.15) is 5.82 Å². The molecule has 4 aromatic carbocycles. The minimum absolute atomic E-state index is 0.965. The van der Waals surface area contributed by atoms with Crippen LogP contribution in [0.2, 0.25) is 0 Å². The Labute approximate surface area is 206 Å². The summed E-state index contributed by atoms with van der Waals surface area (Å²) in [6.07, 6.45) is 3.99. The molecule has 0 radical (unpaired) electrons. The van der Waals surface area contributed by atoms with Crippen molar-refractivity contribution < 1.29 is 0 Å². The predicted molar refractivity (Wildman–Crippen MR) is 147 cm³/mol. The summed E-state index contributed by atoms with van der Waals surface area (Å²) in [7, 11) is 0. The molecule has 0 fully saturated rings. The van der Waals surface area contributed by atoms with E-state index >= 15 is 0 Å². The van der Waals surface area contributed by atoms with Crippen LogP contribution < -0.4 is 0 Å². The van der Waals surface area contributed by atoms with E-state index in [1.807, 2.05) is 6.20 Å². The first-order chi connectivity index (χ1) is 17.0. The van der Waals surface area contributed by atoms with Crippen molar-refractivity contribution in [3.05, 3.63) is 113 Å². The van der Waals surface area contributed by atoms with Gasteiger partial charge in [-0.3, -0.25) is 4.57 Å². The molecule has 0 amide bonds. The van der Waals surface area contributed by atoms with Crippen LogP contribution in [0.25, 0.3) is 44.6 Å². The van der Waals surface area contributed by atoms with Crippen molar-refractivity contribution in [3.63, 3.8) is 0 Å². The van der Waals surface area contributed by atoms with Crippen molar-refractivity contribution in [2.24, 2.45) is 0 Å². The Morgan fingerprint density at radius 3 is 1.66 bits per heavy atom. The first-order valence-corrected chi connectivity index (χ1v) is 12.2. The van der Waals surface area contributed by atoms with Gasteiger partial charge in [-0.25, -0.2) is 4.98 Å². The molecule has 0 aliphatic carbocycles. The highest BCUT2D eigenvalue weighted by Crippen LogP contribution is 2.34. The van der Waals surface area contributed by atoms with Gasteiger partial charge in [-0.1, -0.05) is 36.4 Å². The lowest BCUT2D eigenvalue weighted by Crippen LogP contribution is -2.07. The van der Waals surface area contributed by atoms with Crippen LogP contribution in [0.4, 0.5) is 0 Å². The number of hydrogen-bond donors (Lipinski definition) is 0. The smallest absolute Gasteiger partial charge is 0.144 e. The second-order valence-corrected chi connectivity index (χ2v) is 9.51. The van der Waals surface area contributed by atoms with Crippen LogP contribution in [0, 0.1) is 34.6 Å². The molecule has 0 bridgehead atoms. The Bertz CT molecular complexity index is 1650. The Kier molecular flexibility index (Phi) is 4.89. The summed E-state index contributed by atoms with van der Waals surface area (Å²) in [5.74, 6) is 0.965. The van der Waals surface area contributed by atoms with Gasteiger partial charge in [0, 0.05) is 34.4 Å². The summed E-state index contributed by atoms with van der Waals surface area (Å²) in [6, 6.07) is 26.0. The molecular formula is C32H29N3. The lowest BCUT2D eigenvalue weighted by atomic mass is 9.92. The predicted octanol–water partition coefficient (Wildman–Crippen LogP) is 8.18. The molecule has 0 saturated heterocycles. The van der Waals surface area contributed by atoms with E-state index in [0.717, 1.165) is 17.1 Å². The monoisotopic (exact) mass is 455 g/mol. The number of imidazole rings is 1. The normalized spacial score (nSPS) is 11.6.